The van der Waals surface area contributed by atoms with Crippen molar-refractivity contribution >= 4 is 0 Å². The molecule has 0 aliphatic heterocycles. The molecule has 4 nitrogen and oxygen atoms in total. The van der Waals surface area contributed by atoms with Gasteiger partial charge in [0.15, 0.2) is 0 Å². The first-order valence-electron chi connectivity index (χ1n) is 4.92. The summed E-state index contributed by atoms with van der Waals surface area (Å²) in [6, 6.07) is 10.0. The summed E-state index contributed by atoms with van der Waals surface area (Å²) in [7, 11) is 0. The van der Waals surface area contributed by atoms with Crippen molar-refractivity contribution in [1.29, 1.82) is 0 Å². The fraction of sp³-hybridized carbons (Fsp3) is 0.273. The molecule has 0 radical (unpaired) electrons. The van der Waals surface area contributed by atoms with Crippen LogP contribution >= 0.6 is 0 Å². The number of aryl methyl sites for hydroxylation is 1. The van der Waals surface area contributed by atoms with Crippen LogP contribution in [0.3, 0.4) is 0 Å². The third-order valence-corrected chi connectivity index (χ3v) is 2.28. The van der Waals surface area contributed by atoms with Crippen molar-refractivity contribution in [2.75, 3.05) is 0 Å². The Morgan fingerprint density at radius 3 is 2.73 bits per heavy atom. The van der Waals surface area contributed by atoms with Gasteiger partial charge in [0.1, 0.15) is 0 Å². The number of hydrogen-bond acceptors (Lipinski definition) is 4. The molecule has 0 bridgehead atoms. The Morgan fingerprint density at radius 2 is 2.07 bits per heavy atom. The standard InChI is InChI=1S/C11H13N3O/c12-10(11-14-13-8-15-11)7-6-9-4-2-1-3-5-9/h1-5,8,10H,6-7,12H2. The highest BCUT2D eigenvalue weighted by atomic mass is 16.4. The zero-order valence-corrected chi connectivity index (χ0v) is 8.34. The van der Waals surface area contributed by atoms with Crippen molar-refractivity contribution < 1.29 is 4.42 Å². The smallest absolute Gasteiger partial charge is 0.232 e. The quantitative estimate of drug-likeness (QED) is 0.821. The fourth-order valence-corrected chi connectivity index (χ4v) is 1.43. The maximum absolute atomic E-state index is 5.89. The van der Waals surface area contributed by atoms with Gasteiger partial charge in [0.25, 0.3) is 0 Å². The van der Waals surface area contributed by atoms with Crippen LogP contribution in [-0.2, 0) is 6.42 Å². The van der Waals surface area contributed by atoms with Gasteiger partial charge in [-0.25, -0.2) is 0 Å². The van der Waals surface area contributed by atoms with E-state index in [4.69, 9.17) is 10.2 Å². The lowest BCUT2D eigenvalue weighted by molar-refractivity contribution is 0.436. The number of aromatic nitrogens is 2. The summed E-state index contributed by atoms with van der Waals surface area (Å²) in [6.45, 7) is 0. The van der Waals surface area contributed by atoms with Crippen molar-refractivity contribution in [2.45, 2.75) is 18.9 Å². The van der Waals surface area contributed by atoms with Crippen LogP contribution < -0.4 is 5.73 Å². The van der Waals surface area contributed by atoms with Gasteiger partial charge >= 0.3 is 0 Å². The van der Waals surface area contributed by atoms with E-state index in [1.165, 1.54) is 12.0 Å². The summed E-state index contributed by atoms with van der Waals surface area (Å²) in [6.07, 6.45) is 3.04. The van der Waals surface area contributed by atoms with Gasteiger partial charge in [-0.2, -0.15) is 0 Å². The van der Waals surface area contributed by atoms with Gasteiger partial charge in [0.05, 0.1) is 6.04 Å². The molecular formula is C11H13N3O. The average molecular weight is 203 g/mol. The Balaban J connectivity index is 1.89. The molecule has 1 unspecified atom stereocenters. The molecule has 78 valence electrons. The molecule has 0 fully saturated rings. The summed E-state index contributed by atoms with van der Waals surface area (Å²) < 4.78 is 5.04. The first kappa shape index (κ1) is 9.86. The van der Waals surface area contributed by atoms with E-state index in [1.54, 1.807) is 0 Å². The van der Waals surface area contributed by atoms with Gasteiger partial charge in [-0.3, -0.25) is 0 Å². The molecule has 0 amide bonds. The van der Waals surface area contributed by atoms with E-state index in [-0.39, 0.29) is 6.04 Å². The predicted molar refractivity (Wildman–Crippen MR) is 56.0 cm³/mol. The molecule has 15 heavy (non-hydrogen) atoms. The molecule has 1 heterocycles. The van der Waals surface area contributed by atoms with Crippen molar-refractivity contribution in [1.82, 2.24) is 10.2 Å². The van der Waals surface area contributed by atoms with Crippen LogP contribution in [0.4, 0.5) is 0 Å². The molecule has 4 heteroatoms. The summed E-state index contributed by atoms with van der Waals surface area (Å²) in [5.74, 6) is 0.505. The molecule has 1 atom stereocenters. The molecular weight excluding hydrogens is 190 g/mol. The number of rotatable bonds is 4. The third kappa shape index (κ3) is 2.63. The fourth-order valence-electron chi connectivity index (χ4n) is 1.43. The van der Waals surface area contributed by atoms with Crippen LogP contribution in [0.1, 0.15) is 23.9 Å². The summed E-state index contributed by atoms with van der Waals surface area (Å²) >= 11 is 0. The number of nitrogens with two attached hydrogens (primary N) is 1. The molecule has 0 aliphatic rings. The van der Waals surface area contributed by atoms with Gasteiger partial charge in [0, 0.05) is 0 Å². The van der Waals surface area contributed by atoms with Crippen LogP contribution in [0.25, 0.3) is 0 Å². The van der Waals surface area contributed by atoms with E-state index in [0.717, 1.165) is 12.8 Å². The Kier molecular flexibility index (Phi) is 3.09. The molecule has 2 aromatic rings. The summed E-state index contributed by atoms with van der Waals surface area (Å²) in [4.78, 5) is 0. The van der Waals surface area contributed by atoms with E-state index in [9.17, 15) is 0 Å². The number of benzene rings is 1. The van der Waals surface area contributed by atoms with Crippen LogP contribution in [-0.4, -0.2) is 10.2 Å². The Labute approximate surface area is 88.1 Å². The lowest BCUT2D eigenvalue weighted by atomic mass is 10.1. The Bertz CT molecular complexity index is 385. The Morgan fingerprint density at radius 1 is 1.27 bits per heavy atom. The van der Waals surface area contributed by atoms with Crippen molar-refractivity contribution in [3.05, 3.63) is 48.2 Å². The van der Waals surface area contributed by atoms with E-state index in [1.807, 2.05) is 18.2 Å². The number of hydrogen-bond donors (Lipinski definition) is 1. The van der Waals surface area contributed by atoms with Gasteiger partial charge < -0.3 is 10.2 Å². The van der Waals surface area contributed by atoms with Crippen molar-refractivity contribution in [3.63, 3.8) is 0 Å². The monoisotopic (exact) mass is 203 g/mol. The van der Waals surface area contributed by atoms with E-state index >= 15 is 0 Å². The highest BCUT2D eigenvalue weighted by molar-refractivity contribution is 5.14. The van der Waals surface area contributed by atoms with Crippen LogP contribution in [0.15, 0.2) is 41.1 Å². The topological polar surface area (TPSA) is 64.9 Å². The van der Waals surface area contributed by atoms with Crippen LogP contribution in [0.5, 0.6) is 0 Å². The van der Waals surface area contributed by atoms with E-state index < -0.39 is 0 Å². The second-order valence-corrected chi connectivity index (χ2v) is 3.41. The lowest BCUT2D eigenvalue weighted by Gasteiger charge is -2.06. The molecule has 2 rings (SSSR count). The predicted octanol–water partition coefficient (Wildman–Crippen LogP) is 1.70. The van der Waals surface area contributed by atoms with Crippen molar-refractivity contribution in [3.8, 4) is 0 Å². The SMILES string of the molecule is NC(CCc1ccccc1)c1nnco1. The molecule has 0 aliphatic carbocycles. The lowest BCUT2D eigenvalue weighted by Crippen LogP contribution is -2.11. The second-order valence-electron chi connectivity index (χ2n) is 3.41. The highest BCUT2D eigenvalue weighted by Crippen LogP contribution is 2.13. The minimum atomic E-state index is -0.173. The van der Waals surface area contributed by atoms with Crippen LogP contribution in [0.2, 0.25) is 0 Å². The first-order valence-corrected chi connectivity index (χ1v) is 4.92. The minimum absolute atomic E-state index is 0.173. The molecule has 0 spiro atoms. The average Bonchev–Trinajstić information content (AvgIpc) is 2.81. The highest BCUT2D eigenvalue weighted by Gasteiger charge is 2.10. The van der Waals surface area contributed by atoms with Gasteiger partial charge in [-0.05, 0) is 18.4 Å². The largest absolute Gasteiger partial charge is 0.426 e. The first-order chi connectivity index (χ1) is 7.36. The van der Waals surface area contributed by atoms with E-state index in [0.29, 0.717) is 5.89 Å². The molecule has 0 saturated carbocycles. The zero-order chi connectivity index (χ0) is 10.5. The van der Waals surface area contributed by atoms with Gasteiger partial charge in [-0.15, -0.1) is 10.2 Å². The molecule has 1 aromatic heterocycles. The molecule has 1 aromatic carbocycles. The van der Waals surface area contributed by atoms with Gasteiger partial charge in [0.2, 0.25) is 12.3 Å². The zero-order valence-electron chi connectivity index (χ0n) is 8.34. The van der Waals surface area contributed by atoms with Crippen molar-refractivity contribution in [2.24, 2.45) is 5.73 Å². The summed E-state index contributed by atoms with van der Waals surface area (Å²) in [5, 5.41) is 7.39. The van der Waals surface area contributed by atoms with Gasteiger partial charge in [-0.1, -0.05) is 30.3 Å². The minimum Gasteiger partial charge on any atom is -0.426 e. The maximum Gasteiger partial charge on any atom is 0.232 e. The summed E-state index contributed by atoms with van der Waals surface area (Å²) in [5.41, 5.74) is 7.16. The molecule has 0 saturated heterocycles. The van der Waals surface area contributed by atoms with Crippen LogP contribution in [0, 0.1) is 0 Å². The number of nitrogens with zero attached hydrogens (tertiary/aromatic N) is 2. The van der Waals surface area contributed by atoms with E-state index in [2.05, 4.69) is 22.3 Å². The maximum atomic E-state index is 5.89. The molecule has 2 N–H and O–H groups in total. The second kappa shape index (κ2) is 4.70. The third-order valence-electron chi connectivity index (χ3n) is 2.28. The normalized spacial score (nSPS) is 12.6. The Hall–Kier alpha value is -1.68.